The van der Waals surface area contributed by atoms with E-state index < -0.39 is 0 Å². The molecule has 1 fully saturated rings. The Labute approximate surface area is 155 Å². The van der Waals surface area contributed by atoms with Crippen molar-refractivity contribution < 1.29 is 9.53 Å². The first-order chi connectivity index (χ1) is 12.6. The van der Waals surface area contributed by atoms with Crippen LogP contribution in [0.4, 0.5) is 0 Å². The average molecular weight is 356 g/mol. The average Bonchev–Trinajstić information content (AvgIpc) is 3.09. The zero-order valence-electron chi connectivity index (χ0n) is 15.6. The van der Waals surface area contributed by atoms with Crippen LogP contribution in [0.2, 0.25) is 0 Å². The molecule has 0 aliphatic carbocycles. The Bertz CT molecular complexity index is 699. The first kappa shape index (κ1) is 18.6. The van der Waals surface area contributed by atoms with Crippen molar-refractivity contribution in [1.82, 2.24) is 20.0 Å². The number of aromatic nitrogens is 2. The minimum atomic E-state index is 0.00203. The maximum absolute atomic E-state index is 12.2. The molecule has 2 heterocycles. The van der Waals surface area contributed by atoms with Gasteiger partial charge >= 0.3 is 0 Å². The lowest BCUT2D eigenvalue weighted by Gasteiger charge is -2.33. The van der Waals surface area contributed by atoms with Crippen molar-refractivity contribution in [2.45, 2.75) is 26.4 Å². The van der Waals surface area contributed by atoms with Crippen molar-refractivity contribution in [3.63, 3.8) is 0 Å². The summed E-state index contributed by atoms with van der Waals surface area (Å²) in [6.45, 7) is 8.67. The van der Waals surface area contributed by atoms with E-state index in [2.05, 4.69) is 29.2 Å². The Balaban J connectivity index is 1.45. The van der Waals surface area contributed by atoms with Gasteiger partial charge in [-0.25, -0.2) is 4.68 Å². The molecule has 26 heavy (non-hydrogen) atoms. The Kier molecular flexibility index (Phi) is 6.41. The van der Waals surface area contributed by atoms with E-state index in [1.807, 2.05) is 36.5 Å². The van der Waals surface area contributed by atoms with E-state index in [-0.39, 0.29) is 12.0 Å². The molecule has 0 bridgehead atoms. The standard InChI is InChI=1S/C20H28N4O2/c1-16(2)13-23-8-9-26-19(15-23)12-21-20(25)10-17-11-22-24(14-17)18-6-4-3-5-7-18/h3-7,11,14,16,19H,8-10,12-13,15H2,1-2H3,(H,21,25). The predicted octanol–water partition coefficient (Wildman–Crippen LogP) is 1.89. The van der Waals surface area contributed by atoms with E-state index in [1.165, 1.54) is 0 Å². The van der Waals surface area contributed by atoms with Gasteiger partial charge < -0.3 is 10.1 Å². The van der Waals surface area contributed by atoms with Gasteiger partial charge in [0.05, 0.1) is 31.0 Å². The summed E-state index contributed by atoms with van der Waals surface area (Å²) in [6, 6.07) is 9.88. The molecule has 140 valence electrons. The Morgan fingerprint density at radius 3 is 2.92 bits per heavy atom. The molecule has 6 heteroatoms. The smallest absolute Gasteiger partial charge is 0.224 e. The second-order valence-electron chi connectivity index (χ2n) is 7.26. The maximum Gasteiger partial charge on any atom is 0.224 e. The van der Waals surface area contributed by atoms with Gasteiger partial charge in [0.1, 0.15) is 0 Å². The van der Waals surface area contributed by atoms with E-state index in [9.17, 15) is 4.79 Å². The van der Waals surface area contributed by atoms with Crippen molar-refractivity contribution in [3.8, 4) is 5.69 Å². The van der Waals surface area contributed by atoms with Crippen LogP contribution in [-0.2, 0) is 16.0 Å². The Morgan fingerprint density at radius 1 is 1.35 bits per heavy atom. The Morgan fingerprint density at radius 2 is 2.15 bits per heavy atom. The number of ether oxygens (including phenoxy) is 1. The zero-order valence-corrected chi connectivity index (χ0v) is 15.6. The SMILES string of the molecule is CC(C)CN1CCOC(CNC(=O)Cc2cnn(-c3ccccc3)c2)C1. The number of para-hydroxylation sites is 1. The van der Waals surface area contributed by atoms with E-state index >= 15 is 0 Å². The number of nitrogens with zero attached hydrogens (tertiary/aromatic N) is 3. The van der Waals surface area contributed by atoms with Crippen molar-refractivity contribution in [1.29, 1.82) is 0 Å². The molecule has 1 N–H and O–H groups in total. The summed E-state index contributed by atoms with van der Waals surface area (Å²) in [5.41, 5.74) is 1.89. The molecule has 1 unspecified atom stereocenters. The number of rotatable bonds is 7. The van der Waals surface area contributed by atoms with Crippen LogP contribution in [0.1, 0.15) is 19.4 Å². The van der Waals surface area contributed by atoms with Crippen LogP contribution in [0.15, 0.2) is 42.7 Å². The fourth-order valence-electron chi connectivity index (χ4n) is 3.24. The molecule has 3 rings (SSSR count). The molecule has 6 nitrogen and oxygen atoms in total. The van der Waals surface area contributed by atoms with Gasteiger partial charge in [0.15, 0.2) is 0 Å². The molecule has 1 saturated heterocycles. The first-order valence-electron chi connectivity index (χ1n) is 9.30. The molecule has 0 saturated carbocycles. The van der Waals surface area contributed by atoms with Crippen LogP contribution < -0.4 is 5.32 Å². The Hall–Kier alpha value is -2.18. The van der Waals surface area contributed by atoms with Crippen LogP contribution >= 0.6 is 0 Å². The molecule has 1 aromatic carbocycles. The fraction of sp³-hybridized carbons (Fsp3) is 0.500. The van der Waals surface area contributed by atoms with Crippen molar-refractivity contribution in [2.24, 2.45) is 5.92 Å². The number of carbonyl (C=O) groups is 1. The third-order valence-electron chi connectivity index (χ3n) is 4.39. The van der Waals surface area contributed by atoms with E-state index in [0.717, 1.165) is 37.5 Å². The number of morpholine rings is 1. The van der Waals surface area contributed by atoms with Crippen LogP contribution in [0.3, 0.4) is 0 Å². The van der Waals surface area contributed by atoms with Gasteiger partial charge in [0, 0.05) is 32.4 Å². The molecule has 0 radical (unpaired) electrons. The number of nitrogens with one attached hydrogen (secondary N) is 1. The van der Waals surface area contributed by atoms with Crippen molar-refractivity contribution in [2.75, 3.05) is 32.8 Å². The first-order valence-corrected chi connectivity index (χ1v) is 9.30. The summed E-state index contributed by atoms with van der Waals surface area (Å²) >= 11 is 0. The lowest BCUT2D eigenvalue weighted by Crippen LogP contribution is -2.48. The summed E-state index contributed by atoms with van der Waals surface area (Å²) in [7, 11) is 0. The number of benzene rings is 1. The lowest BCUT2D eigenvalue weighted by atomic mass is 10.1. The summed E-state index contributed by atoms with van der Waals surface area (Å²) in [5, 5.41) is 7.33. The van der Waals surface area contributed by atoms with Gasteiger partial charge in [0.2, 0.25) is 5.91 Å². The summed E-state index contributed by atoms with van der Waals surface area (Å²) in [5.74, 6) is 0.645. The topological polar surface area (TPSA) is 59.4 Å². The second-order valence-corrected chi connectivity index (χ2v) is 7.26. The zero-order chi connectivity index (χ0) is 18.4. The monoisotopic (exact) mass is 356 g/mol. The third kappa shape index (κ3) is 5.41. The molecule has 1 aliphatic heterocycles. The van der Waals surface area contributed by atoms with Crippen molar-refractivity contribution in [3.05, 3.63) is 48.3 Å². The molecule has 1 atom stereocenters. The molecule has 1 aromatic heterocycles. The highest BCUT2D eigenvalue weighted by atomic mass is 16.5. The second kappa shape index (κ2) is 8.96. The van der Waals surface area contributed by atoms with E-state index in [1.54, 1.807) is 10.9 Å². The lowest BCUT2D eigenvalue weighted by molar-refractivity contribution is -0.121. The van der Waals surface area contributed by atoms with Crippen molar-refractivity contribution >= 4 is 5.91 Å². The number of hydrogen-bond acceptors (Lipinski definition) is 4. The van der Waals surface area contributed by atoms with E-state index in [4.69, 9.17) is 4.74 Å². The third-order valence-corrected chi connectivity index (χ3v) is 4.39. The van der Waals surface area contributed by atoms with Gasteiger partial charge in [-0.05, 0) is 23.6 Å². The minimum Gasteiger partial charge on any atom is -0.374 e. The molecule has 2 aromatic rings. The van der Waals surface area contributed by atoms with Crippen LogP contribution in [0, 0.1) is 5.92 Å². The predicted molar refractivity (Wildman–Crippen MR) is 101 cm³/mol. The van der Waals surface area contributed by atoms with E-state index in [0.29, 0.717) is 18.9 Å². The van der Waals surface area contributed by atoms with Gasteiger partial charge in [-0.2, -0.15) is 5.10 Å². The number of carbonyl (C=O) groups excluding carboxylic acids is 1. The highest BCUT2D eigenvalue weighted by molar-refractivity contribution is 5.78. The largest absolute Gasteiger partial charge is 0.374 e. The summed E-state index contributed by atoms with van der Waals surface area (Å²) in [4.78, 5) is 14.7. The summed E-state index contributed by atoms with van der Waals surface area (Å²) < 4.78 is 7.57. The molecule has 1 amide bonds. The van der Waals surface area contributed by atoms with Crippen LogP contribution in [-0.4, -0.2) is 59.5 Å². The maximum atomic E-state index is 12.2. The van der Waals surface area contributed by atoms with Gasteiger partial charge in [-0.15, -0.1) is 0 Å². The van der Waals surface area contributed by atoms with Crippen LogP contribution in [0.25, 0.3) is 5.69 Å². The number of hydrogen-bond donors (Lipinski definition) is 1. The van der Waals surface area contributed by atoms with Gasteiger partial charge in [-0.1, -0.05) is 32.0 Å². The van der Waals surface area contributed by atoms with Crippen LogP contribution in [0.5, 0.6) is 0 Å². The number of amides is 1. The molecular weight excluding hydrogens is 328 g/mol. The fourth-order valence-corrected chi connectivity index (χ4v) is 3.24. The normalized spacial score (nSPS) is 18.2. The highest BCUT2D eigenvalue weighted by Crippen LogP contribution is 2.09. The quantitative estimate of drug-likeness (QED) is 0.823. The molecule has 0 spiro atoms. The highest BCUT2D eigenvalue weighted by Gasteiger charge is 2.21. The summed E-state index contributed by atoms with van der Waals surface area (Å²) in [6.07, 6.45) is 4.04. The minimum absolute atomic E-state index is 0.00203. The van der Waals surface area contributed by atoms with Gasteiger partial charge in [-0.3, -0.25) is 9.69 Å². The molecular formula is C20H28N4O2. The van der Waals surface area contributed by atoms with Gasteiger partial charge in [0.25, 0.3) is 0 Å². The molecule has 1 aliphatic rings.